The van der Waals surface area contributed by atoms with E-state index in [9.17, 15) is 0 Å². The largest absolute Gasteiger partial charge is 0.310 e. The van der Waals surface area contributed by atoms with Gasteiger partial charge in [-0.2, -0.15) is 0 Å². The van der Waals surface area contributed by atoms with Crippen molar-refractivity contribution in [1.29, 1.82) is 0 Å². The Bertz CT molecular complexity index is 3090. The van der Waals surface area contributed by atoms with Crippen molar-refractivity contribution in [2.75, 3.05) is 4.90 Å². The van der Waals surface area contributed by atoms with Crippen molar-refractivity contribution >= 4 is 22.6 Å². The van der Waals surface area contributed by atoms with Crippen molar-refractivity contribution in [2.24, 2.45) is 0 Å². The first-order chi connectivity index (χ1) is 29.5. The van der Waals surface area contributed by atoms with Crippen LogP contribution in [0, 0.1) is 0 Å². The van der Waals surface area contributed by atoms with Gasteiger partial charge in [0, 0.05) is 22.4 Å². The third-order valence-electron chi connectivity index (χ3n) is 13.4. The van der Waals surface area contributed by atoms with Gasteiger partial charge in [-0.15, -0.1) is 0 Å². The zero-order valence-corrected chi connectivity index (χ0v) is 34.3. The Morgan fingerprint density at radius 2 is 1.00 bits per heavy atom. The second-order valence-corrected chi connectivity index (χ2v) is 16.8. The van der Waals surface area contributed by atoms with Gasteiger partial charge in [-0.3, -0.25) is 0 Å². The molecule has 1 spiro atoms. The van der Waals surface area contributed by atoms with Crippen LogP contribution in [0.1, 0.15) is 54.2 Å². The van der Waals surface area contributed by atoms with Crippen molar-refractivity contribution in [2.45, 2.75) is 31.6 Å². The average Bonchev–Trinajstić information content (AvgIpc) is 3.85. The highest BCUT2D eigenvalue weighted by Crippen LogP contribution is 2.63. The van der Waals surface area contributed by atoms with E-state index in [2.05, 4.69) is 239 Å². The van der Waals surface area contributed by atoms with Gasteiger partial charge in [0.1, 0.15) is 0 Å². The Hall–Kier alpha value is -7.22. The van der Waals surface area contributed by atoms with E-state index in [4.69, 9.17) is 0 Å². The van der Waals surface area contributed by atoms with Gasteiger partial charge in [-0.05, 0) is 121 Å². The molecule has 0 aromatic heterocycles. The van der Waals surface area contributed by atoms with Gasteiger partial charge in [0.15, 0.2) is 0 Å². The minimum Gasteiger partial charge on any atom is -0.310 e. The first-order valence-corrected chi connectivity index (χ1v) is 21.1. The van der Waals surface area contributed by atoms with Crippen LogP contribution in [0.15, 0.2) is 218 Å². The molecule has 0 saturated heterocycles. The van der Waals surface area contributed by atoms with Crippen LogP contribution in [0.3, 0.4) is 0 Å². The first-order valence-electron chi connectivity index (χ1n) is 21.1. The molecule has 8 aromatic rings. The van der Waals surface area contributed by atoms with Crippen LogP contribution >= 0.6 is 0 Å². The summed E-state index contributed by atoms with van der Waals surface area (Å²) in [6.45, 7) is 11.3. The fraction of sp³-hybridized carbons (Fsp3) is 0.0847. The van der Waals surface area contributed by atoms with E-state index in [0.29, 0.717) is 0 Å². The average molecular weight is 768 g/mol. The molecule has 0 N–H and O–H groups in total. The van der Waals surface area contributed by atoms with Crippen molar-refractivity contribution in [3.05, 3.63) is 252 Å². The summed E-state index contributed by atoms with van der Waals surface area (Å²) in [4.78, 5) is 2.45. The number of rotatable bonds is 7. The summed E-state index contributed by atoms with van der Waals surface area (Å²) in [6, 6.07) is 69.6. The van der Waals surface area contributed by atoms with Gasteiger partial charge in [0.25, 0.3) is 0 Å². The highest BCUT2D eigenvalue weighted by molar-refractivity contribution is 6.02. The summed E-state index contributed by atoms with van der Waals surface area (Å²) >= 11 is 0. The minimum absolute atomic E-state index is 0.119. The van der Waals surface area contributed by atoms with E-state index >= 15 is 0 Å². The van der Waals surface area contributed by atoms with E-state index in [0.717, 1.165) is 17.1 Å². The van der Waals surface area contributed by atoms with E-state index in [1.54, 1.807) is 0 Å². The molecule has 1 atom stereocenters. The van der Waals surface area contributed by atoms with Gasteiger partial charge >= 0.3 is 0 Å². The number of nitrogens with zero attached hydrogens (tertiary/aromatic N) is 1. The minimum atomic E-state index is -0.450. The lowest BCUT2D eigenvalue weighted by atomic mass is 9.69. The van der Waals surface area contributed by atoms with E-state index in [-0.39, 0.29) is 5.41 Å². The van der Waals surface area contributed by atoms with E-state index in [1.807, 2.05) is 0 Å². The number of anilines is 3. The second-order valence-electron chi connectivity index (χ2n) is 16.8. The van der Waals surface area contributed by atoms with E-state index < -0.39 is 5.41 Å². The SMILES string of the molecule is C=CC1=C(/C=C\C)c2ccccc2C12c1ccccc1-c1c(-c3ccc(N(c4ccc5c(c4)C(C)(C)c4ccccc4-5)c4ccccc4-c4ccccc4)cc3)cccc12. The van der Waals surface area contributed by atoms with Gasteiger partial charge in [0.05, 0.1) is 11.1 Å². The highest BCUT2D eigenvalue weighted by atomic mass is 15.1. The predicted molar refractivity (Wildman–Crippen MR) is 253 cm³/mol. The lowest BCUT2D eigenvalue weighted by Crippen LogP contribution is -2.26. The van der Waals surface area contributed by atoms with Crippen molar-refractivity contribution in [1.82, 2.24) is 0 Å². The fourth-order valence-electron chi connectivity index (χ4n) is 10.9. The number of hydrogen-bond donors (Lipinski definition) is 0. The maximum absolute atomic E-state index is 4.45. The van der Waals surface area contributed by atoms with Gasteiger partial charge in [-0.1, -0.05) is 196 Å². The molecule has 286 valence electrons. The third kappa shape index (κ3) is 4.99. The summed E-state index contributed by atoms with van der Waals surface area (Å²) in [6.07, 6.45) is 6.51. The van der Waals surface area contributed by atoms with Gasteiger partial charge in [0.2, 0.25) is 0 Å². The van der Waals surface area contributed by atoms with Gasteiger partial charge in [-0.25, -0.2) is 0 Å². The molecule has 0 bridgehead atoms. The number of para-hydroxylation sites is 1. The Kier molecular flexibility index (Phi) is 8.19. The van der Waals surface area contributed by atoms with E-state index in [1.165, 1.54) is 89.0 Å². The zero-order valence-electron chi connectivity index (χ0n) is 34.3. The monoisotopic (exact) mass is 767 g/mol. The molecular weight excluding hydrogens is 723 g/mol. The number of benzene rings is 8. The Balaban J connectivity index is 1.09. The number of allylic oxidation sites excluding steroid dienone is 5. The number of hydrogen-bond acceptors (Lipinski definition) is 1. The molecule has 0 fully saturated rings. The molecule has 0 saturated carbocycles. The summed E-state index contributed by atoms with van der Waals surface area (Å²) in [5.41, 5.74) is 23.3. The Labute approximate surface area is 354 Å². The fourth-order valence-corrected chi connectivity index (χ4v) is 10.9. The quantitative estimate of drug-likeness (QED) is 0.156. The summed E-state index contributed by atoms with van der Waals surface area (Å²) < 4.78 is 0. The topological polar surface area (TPSA) is 3.24 Å². The van der Waals surface area contributed by atoms with Crippen LogP contribution in [0.5, 0.6) is 0 Å². The van der Waals surface area contributed by atoms with Crippen LogP contribution in [0.4, 0.5) is 17.1 Å². The molecule has 0 aliphatic heterocycles. The molecule has 3 aliphatic rings. The van der Waals surface area contributed by atoms with Crippen molar-refractivity contribution in [3.63, 3.8) is 0 Å². The van der Waals surface area contributed by atoms with Crippen LogP contribution in [-0.2, 0) is 10.8 Å². The molecule has 60 heavy (non-hydrogen) atoms. The summed E-state index contributed by atoms with van der Waals surface area (Å²) in [5, 5.41) is 0. The normalized spacial score (nSPS) is 16.4. The van der Waals surface area contributed by atoms with Crippen LogP contribution in [-0.4, -0.2) is 0 Å². The van der Waals surface area contributed by atoms with Gasteiger partial charge < -0.3 is 4.90 Å². The molecule has 0 amide bonds. The Morgan fingerprint density at radius 1 is 0.450 bits per heavy atom. The molecular formula is C59H45N. The molecule has 8 aromatic carbocycles. The summed E-state index contributed by atoms with van der Waals surface area (Å²) in [5.74, 6) is 0. The predicted octanol–water partition coefficient (Wildman–Crippen LogP) is 15.6. The summed E-state index contributed by atoms with van der Waals surface area (Å²) in [7, 11) is 0. The second kappa shape index (κ2) is 13.7. The molecule has 11 rings (SSSR count). The van der Waals surface area contributed by atoms with Crippen LogP contribution < -0.4 is 4.90 Å². The Morgan fingerprint density at radius 3 is 1.73 bits per heavy atom. The molecule has 0 heterocycles. The molecule has 1 nitrogen and oxygen atoms in total. The van der Waals surface area contributed by atoms with Crippen molar-refractivity contribution < 1.29 is 0 Å². The smallest absolute Gasteiger partial charge is 0.0725 e. The lowest BCUT2D eigenvalue weighted by molar-refractivity contribution is 0.660. The molecule has 1 heteroatoms. The molecule has 3 aliphatic carbocycles. The lowest BCUT2D eigenvalue weighted by Gasteiger charge is -2.31. The highest BCUT2D eigenvalue weighted by Gasteiger charge is 2.52. The first kappa shape index (κ1) is 35.9. The maximum atomic E-state index is 4.45. The molecule has 1 unspecified atom stereocenters. The zero-order chi connectivity index (χ0) is 40.6. The van der Waals surface area contributed by atoms with Crippen LogP contribution in [0.25, 0.3) is 50.1 Å². The van der Waals surface area contributed by atoms with Crippen molar-refractivity contribution in [3.8, 4) is 44.5 Å². The molecule has 0 radical (unpaired) electrons. The van der Waals surface area contributed by atoms with Crippen LogP contribution in [0.2, 0.25) is 0 Å². The number of fused-ring (bicyclic) bond motifs is 10. The third-order valence-corrected chi connectivity index (χ3v) is 13.4. The maximum Gasteiger partial charge on any atom is 0.0725 e. The standard InChI is InChI=1S/C59H45N/c1-5-19-45-47-24-11-15-28-52(47)59(50(45)6-2)53-29-16-12-25-49(53)57-44(26-18-30-54(57)59)40-32-34-41(35-33-40)60(56-31-17-13-22-43(56)39-20-8-7-9-21-39)42-36-37-48-46-23-10-14-27-51(46)58(3,4)55(48)38-42/h5-38H,2H2,1,3-4H3/b19-5-.